The van der Waals surface area contributed by atoms with E-state index in [1.54, 1.807) is 5.01 Å². The van der Waals surface area contributed by atoms with Crippen molar-refractivity contribution in [1.29, 1.82) is 0 Å². The molecular formula is C32H64CuN7O6-. The number of hydrogen-bond acceptors (Lipinski definition) is 11. The topological polar surface area (TPSA) is 141 Å². The monoisotopic (exact) mass is 705 g/mol. The molecule has 1 radical (unpaired) electrons. The summed E-state index contributed by atoms with van der Waals surface area (Å²) in [4.78, 5) is 54.0. The molecule has 2 amide bonds. The minimum Gasteiger partial charge on any atom is -0.636 e. The molecule has 46 heavy (non-hydrogen) atoms. The molecule has 1 heterocycles. The second-order valence-corrected chi connectivity index (χ2v) is 13.4. The van der Waals surface area contributed by atoms with Crippen LogP contribution in [0.4, 0.5) is 0 Å². The standard InChI is InChI=1S/C16H32N4O3.C16H32N3O3.Cu/c1-15(2,11-23-12-16(3,4)10-18-13-21)9-14(22)19-5-7-20(17)8-6-19;1-6-17(4)13-15(20)9-12-22-16(21)14-18(5)10-11-19(7-2)8-3;/h13H,5-12,17H2,1-4H3,(H,18,21);12H,6-11,13-14H2,1-5H3;/q;-1;. The van der Waals surface area contributed by atoms with Gasteiger partial charge >= 0.3 is 0 Å². The minimum atomic E-state index is -0.321. The molecule has 0 unspecified atom stereocenters. The number of likely N-dealkylation sites (N-methyl/N-ethyl adjacent to an activating group) is 3. The summed E-state index contributed by atoms with van der Waals surface area (Å²) in [7, 11) is 3.78. The van der Waals surface area contributed by atoms with Gasteiger partial charge < -0.3 is 29.4 Å². The van der Waals surface area contributed by atoms with Crippen molar-refractivity contribution in [1.82, 2.24) is 29.9 Å². The van der Waals surface area contributed by atoms with Gasteiger partial charge in [-0.15, -0.1) is 0 Å². The Morgan fingerprint density at radius 2 is 1.48 bits per heavy atom. The maximum Gasteiger partial charge on any atom is 0.288 e. The number of nitrogens with two attached hydrogens (primary N) is 1. The predicted octanol–water partition coefficient (Wildman–Crippen LogP) is 1.08. The number of hydrazine groups is 1. The van der Waals surface area contributed by atoms with Gasteiger partial charge in [0.25, 0.3) is 5.97 Å². The van der Waals surface area contributed by atoms with Crippen molar-refractivity contribution in [3.05, 3.63) is 6.61 Å². The first-order valence-electron chi connectivity index (χ1n) is 16.2. The van der Waals surface area contributed by atoms with Gasteiger partial charge in [0.15, 0.2) is 0 Å². The summed E-state index contributed by atoms with van der Waals surface area (Å²) in [5.74, 6) is 5.60. The van der Waals surface area contributed by atoms with Crippen LogP contribution in [0, 0.1) is 17.4 Å². The molecule has 13 nitrogen and oxygen atoms in total. The van der Waals surface area contributed by atoms with Crippen molar-refractivity contribution >= 4 is 24.1 Å². The Morgan fingerprint density at radius 3 is 2.02 bits per heavy atom. The maximum atomic E-state index is 12.4. The number of carbonyl (C=O) groups is 4. The number of nitrogens with zero attached hydrogens (tertiary/aromatic N) is 5. The zero-order chi connectivity index (χ0) is 34.5. The number of esters is 1. The summed E-state index contributed by atoms with van der Waals surface area (Å²) in [6, 6.07) is 0. The van der Waals surface area contributed by atoms with Crippen LogP contribution in [0.1, 0.15) is 61.3 Å². The van der Waals surface area contributed by atoms with Gasteiger partial charge in [-0.25, -0.2) is 5.01 Å². The van der Waals surface area contributed by atoms with Crippen LogP contribution in [0.25, 0.3) is 0 Å². The number of amides is 2. The van der Waals surface area contributed by atoms with Crippen LogP contribution in [-0.2, 0) is 45.7 Å². The van der Waals surface area contributed by atoms with Crippen LogP contribution in [-0.4, -0.2) is 155 Å². The van der Waals surface area contributed by atoms with Crippen molar-refractivity contribution in [3.63, 3.8) is 0 Å². The van der Waals surface area contributed by atoms with E-state index in [0.717, 1.165) is 45.8 Å². The van der Waals surface area contributed by atoms with E-state index < -0.39 is 0 Å². The number of carbonyl (C=O) groups excluding carboxylic acids is 4. The van der Waals surface area contributed by atoms with Crippen molar-refractivity contribution in [3.8, 4) is 0 Å². The average molecular weight is 706 g/mol. The summed E-state index contributed by atoms with van der Waals surface area (Å²) in [6.45, 7) is 25.4. The first-order chi connectivity index (χ1) is 21.1. The average Bonchev–Trinajstić information content (AvgIpc) is 2.96. The molecule has 14 heteroatoms. The maximum absolute atomic E-state index is 12.4. The number of ether oxygens (including phenoxy) is 2. The Labute approximate surface area is 289 Å². The predicted molar refractivity (Wildman–Crippen MR) is 178 cm³/mol. The van der Waals surface area contributed by atoms with Crippen molar-refractivity contribution in [2.24, 2.45) is 16.7 Å². The molecular weight excluding hydrogens is 642 g/mol. The SMILES string of the molecule is CC(C)(CNC=O)COCC(C)(C)CC(=O)N1CCN(N)CC1.CCN(C)CC(=O)C[CH-]OC(=O)CN(C)CCN(CC)CC.[Cu]. The Morgan fingerprint density at radius 1 is 0.891 bits per heavy atom. The third kappa shape index (κ3) is 23.6. The molecule has 1 saturated heterocycles. The van der Waals surface area contributed by atoms with E-state index >= 15 is 0 Å². The number of rotatable bonds is 22. The fourth-order valence-electron chi connectivity index (χ4n) is 4.41. The van der Waals surface area contributed by atoms with Gasteiger partial charge in [-0.2, -0.15) is 6.61 Å². The molecule has 0 saturated carbocycles. The van der Waals surface area contributed by atoms with E-state index in [-0.39, 0.29) is 58.5 Å². The van der Waals surface area contributed by atoms with Gasteiger partial charge in [0.05, 0.1) is 26.3 Å². The summed E-state index contributed by atoms with van der Waals surface area (Å²) in [6.07, 6.45) is 1.33. The summed E-state index contributed by atoms with van der Waals surface area (Å²) in [5, 5.41) is 4.42. The molecule has 0 bridgehead atoms. The van der Waals surface area contributed by atoms with E-state index in [2.05, 4.69) is 24.1 Å². The first kappa shape index (κ1) is 46.5. The Bertz CT molecular complexity index is 853. The van der Waals surface area contributed by atoms with Gasteiger partial charge in [-0.1, -0.05) is 54.9 Å². The third-order valence-electron chi connectivity index (χ3n) is 7.55. The van der Waals surface area contributed by atoms with Crippen LogP contribution in [0.5, 0.6) is 0 Å². The molecule has 1 aliphatic rings. The number of hydrogen-bond donors (Lipinski definition) is 2. The molecule has 0 spiro atoms. The number of nitrogens with one attached hydrogen (secondary N) is 1. The van der Waals surface area contributed by atoms with E-state index in [0.29, 0.717) is 52.2 Å². The number of ketones is 1. The fraction of sp³-hybridized carbons (Fsp3) is 0.844. The molecule has 0 aromatic rings. The molecule has 0 aliphatic carbocycles. The minimum absolute atomic E-state index is 0. The zero-order valence-corrected chi connectivity index (χ0v) is 31.0. The van der Waals surface area contributed by atoms with Crippen LogP contribution in [0.2, 0.25) is 0 Å². The van der Waals surface area contributed by atoms with Crippen molar-refractivity contribution < 1.29 is 45.7 Å². The van der Waals surface area contributed by atoms with Crippen LogP contribution in [0.3, 0.4) is 0 Å². The van der Waals surface area contributed by atoms with E-state index in [9.17, 15) is 19.2 Å². The van der Waals surface area contributed by atoms with Crippen LogP contribution >= 0.6 is 0 Å². The smallest absolute Gasteiger partial charge is 0.288 e. The third-order valence-corrected chi connectivity index (χ3v) is 7.55. The van der Waals surface area contributed by atoms with Gasteiger partial charge in [-0.05, 0) is 39.1 Å². The second kappa shape index (κ2) is 25.4. The van der Waals surface area contributed by atoms with Crippen molar-refractivity contribution in [2.75, 3.05) is 106 Å². The normalized spacial score (nSPS) is 14.1. The van der Waals surface area contributed by atoms with Gasteiger partial charge in [0, 0.05) is 74.7 Å². The van der Waals surface area contributed by atoms with Crippen LogP contribution in [0.15, 0.2) is 0 Å². The number of Topliss-reactive ketones (excluding diaryl/α,β-unsaturated/α-hetero) is 1. The molecule has 1 rings (SSSR count). The Balaban J connectivity index is 0. The summed E-state index contributed by atoms with van der Waals surface area (Å²) >= 11 is 0. The first-order valence-corrected chi connectivity index (χ1v) is 16.2. The largest absolute Gasteiger partial charge is 0.636 e. The van der Waals surface area contributed by atoms with E-state index in [1.165, 1.54) is 6.61 Å². The van der Waals surface area contributed by atoms with Crippen LogP contribution < -0.4 is 11.2 Å². The molecule has 0 aromatic heterocycles. The molecule has 275 valence electrons. The molecule has 3 N–H and O–H groups in total. The Hall–Kier alpha value is -1.64. The van der Waals surface area contributed by atoms with Gasteiger partial charge in [0.1, 0.15) is 5.78 Å². The Kier molecular flexibility index (Phi) is 25.7. The van der Waals surface area contributed by atoms with Gasteiger partial charge in [0.2, 0.25) is 12.3 Å². The quantitative estimate of drug-likeness (QED) is 0.0550. The number of piperazine rings is 1. The molecule has 1 aliphatic heterocycles. The zero-order valence-electron chi connectivity index (χ0n) is 30.0. The fourth-order valence-corrected chi connectivity index (χ4v) is 4.41. The summed E-state index contributed by atoms with van der Waals surface area (Å²) in [5.41, 5.74) is -0.344. The molecule has 0 atom stereocenters. The second-order valence-electron chi connectivity index (χ2n) is 13.4. The van der Waals surface area contributed by atoms with E-state index in [4.69, 9.17) is 15.3 Å². The molecule has 0 aromatic carbocycles. The summed E-state index contributed by atoms with van der Waals surface area (Å²) < 4.78 is 10.8. The van der Waals surface area contributed by atoms with Crippen molar-refractivity contribution in [2.45, 2.75) is 61.3 Å². The van der Waals surface area contributed by atoms with E-state index in [1.807, 2.05) is 63.4 Å². The molecule has 1 fully saturated rings. The van der Waals surface area contributed by atoms with Gasteiger partial charge in [-0.3, -0.25) is 30.0 Å².